The zero-order valence-corrected chi connectivity index (χ0v) is 11.9. The quantitative estimate of drug-likeness (QED) is 0.831. The summed E-state index contributed by atoms with van der Waals surface area (Å²) in [5.74, 6) is -0.433. The monoisotopic (exact) mass is 291 g/mol. The van der Waals surface area contributed by atoms with E-state index < -0.39 is 0 Å². The summed E-state index contributed by atoms with van der Waals surface area (Å²) in [5, 5.41) is 3.71. The van der Waals surface area contributed by atoms with E-state index in [2.05, 4.69) is 5.32 Å². The number of carbonyl (C=O) groups excluding carboxylic acids is 1. The Morgan fingerprint density at radius 2 is 1.90 bits per heavy atom. The van der Waals surface area contributed by atoms with Crippen molar-refractivity contribution >= 4 is 23.1 Å². The van der Waals surface area contributed by atoms with Gasteiger partial charge in [0.25, 0.3) is 0 Å². The van der Waals surface area contributed by atoms with E-state index in [9.17, 15) is 9.18 Å². The minimum Gasteiger partial charge on any atom is -0.382 e. The lowest BCUT2D eigenvalue weighted by molar-refractivity contribution is 0.101. The van der Waals surface area contributed by atoms with Crippen LogP contribution in [-0.4, -0.2) is 12.3 Å². The number of hydrogen-bond donors (Lipinski definition) is 1. The van der Waals surface area contributed by atoms with E-state index >= 15 is 0 Å². The normalized spacial score (nSPS) is 10.3. The maximum Gasteiger partial charge on any atom is 0.159 e. The number of benzene rings is 2. The molecule has 0 saturated carbocycles. The van der Waals surface area contributed by atoms with Crippen LogP contribution in [-0.2, 0) is 6.42 Å². The predicted molar refractivity (Wildman–Crippen MR) is 80.1 cm³/mol. The first kappa shape index (κ1) is 14.5. The van der Waals surface area contributed by atoms with Gasteiger partial charge in [0.2, 0.25) is 0 Å². The van der Waals surface area contributed by atoms with Gasteiger partial charge in [-0.2, -0.15) is 0 Å². The van der Waals surface area contributed by atoms with Gasteiger partial charge < -0.3 is 5.32 Å². The van der Waals surface area contributed by atoms with E-state index in [1.54, 1.807) is 6.07 Å². The first-order valence-electron chi connectivity index (χ1n) is 6.35. The largest absolute Gasteiger partial charge is 0.382 e. The summed E-state index contributed by atoms with van der Waals surface area (Å²) in [7, 11) is 0. The van der Waals surface area contributed by atoms with Crippen molar-refractivity contribution in [2.24, 2.45) is 0 Å². The number of rotatable bonds is 5. The summed E-state index contributed by atoms with van der Waals surface area (Å²) in [6.07, 6.45) is 0.751. The summed E-state index contributed by atoms with van der Waals surface area (Å²) in [5.41, 5.74) is 1.97. The molecule has 0 amide bonds. The van der Waals surface area contributed by atoms with Gasteiger partial charge in [-0.25, -0.2) is 4.39 Å². The Balaban J connectivity index is 1.98. The predicted octanol–water partition coefficient (Wildman–Crippen LogP) is 4.34. The molecule has 0 spiro atoms. The number of hydrogen-bond acceptors (Lipinski definition) is 2. The molecule has 0 aliphatic carbocycles. The second-order valence-corrected chi connectivity index (χ2v) is 4.99. The number of nitrogens with one attached hydrogen (secondary N) is 1. The Hall–Kier alpha value is -1.87. The first-order valence-corrected chi connectivity index (χ1v) is 6.73. The van der Waals surface area contributed by atoms with Crippen LogP contribution in [0.3, 0.4) is 0 Å². The van der Waals surface area contributed by atoms with Crippen molar-refractivity contribution in [2.45, 2.75) is 13.3 Å². The fraction of sp³-hybridized carbons (Fsp3) is 0.188. The average molecular weight is 292 g/mol. The molecular formula is C16H15ClFNO. The minimum atomic E-state index is -0.355. The Labute approximate surface area is 122 Å². The van der Waals surface area contributed by atoms with Crippen LogP contribution in [0.25, 0.3) is 0 Å². The van der Waals surface area contributed by atoms with Crippen LogP contribution in [0.4, 0.5) is 10.1 Å². The van der Waals surface area contributed by atoms with Crippen LogP contribution in [0.2, 0.25) is 5.02 Å². The molecule has 20 heavy (non-hydrogen) atoms. The van der Waals surface area contributed by atoms with Crippen LogP contribution in [0, 0.1) is 5.82 Å². The first-order chi connectivity index (χ1) is 9.56. The molecule has 4 heteroatoms. The average Bonchev–Trinajstić information content (AvgIpc) is 2.43. The SMILES string of the molecule is CC(=O)c1ccc(F)c(NCCc2ccc(Cl)cc2)c1. The van der Waals surface area contributed by atoms with Gasteiger partial charge in [0.15, 0.2) is 5.78 Å². The third-order valence-electron chi connectivity index (χ3n) is 3.02. The smallest absolute Gasteiger partial charge is 0.159 e. The highest BCUT2D eigenvalue weighted by atomic mass is 35.5. The van der Waals surface area contributed by atoms with E-state index in [1.165, 1.54) is 19.1 Å². The number of carbonyl (C=O) groups is 1. The highest BCUT2D eigenvalue weighted by Crippen LogP contribution is 2.17. The molecule has 2 nitrogen and oxygen atoms in total. The molecule has 104 valence electrons. The molecule has 0 aliphatic rings. The topological polar surface area (TPSA) is 29.1 Å². The zero-order valence-electron chi connectivity index (χ0n) is 11.1. The van der Waals surface area contributed by atoms with E-state index in [1.807, 2.05) is 24.3 Å². The van der Waals surface area contributed by atoms with Gasteiger partial charge in [0.05, 0.1) is 5.69 Å². The highest BCUT2D eigenvalue weighted by molar-refractivity contribution is 6.30. The fourth-order valence-electron chi connectivity index (χ4n) is 1.87. The molecule has 0 heterocycles. The van der Waals surface area contributed by atoms with Crippen LogP contribution < -0.4 is 5.32 Å². The molecule has 1 N–H and O–H groups in total. The third-order valence-corrected chi connectivity index (χ3v) is 3.27. The Bertz CT molecular complexity index is 610. The van der Waals surface area contributed by atoms with Gasteiger partial charge in [0.1, 0.15) is 5.82 Å². The Kier molecular flexibility index (Phi) is 4.74. The van der Waals surface area contributed by atoms with Crippen molar-refractivity contribution in [1.29, 1.82) is 0 Å². The zero-order chi connectivity index (χ0) is 14.5. The van der Waals surface area contributed by atoms with Crippen molar-refractivity contribution in [2.75, 3.05) is 11.9 Å². The maximum atomic E-state index is 13.6. The molecule has 0 unspecified atom stereocenters. The van der Waals surface area contributed by atoms with E-state index in [0.717, 1.165) is 12.0 Å². The molecule has 0 atom stereocenters. The molecule has 0 fully saturated rings. The molecule has 0 saturated heterocycles. The summed E-state index contributed by atoms with van der Waals surface area (Å²) in [4.78, 5) is 11.3. The number of Topliss-reactive ketones (excluding diaryl/α,β-unsaturated/α-hetero) is 1. The van der Waals surface area contributed by atoms with Crippen molar-refractivity contribution in [1.82, 2.24) is 0 Å². The summed E-state index contributed by atoms with van der Waals surface area (Å²) >= 11 is 5.81. The van der Waals surface area contributed by atoms with Crippen LogP contribution in [0.15, 0.2) is 42.5 Å². The van der Waals surface area contributed by atoms with E-state index in [4.69, 9.17) is 11.6 Å². The van der Waals surface area contributed by atoms with Gasteiger partial charge in [-0.15, -0.1) is 0 Å². The van der Waals surface area contributed by atoms with Gasteiger partial charge in [0, 0.05) is 17.1 Å². The van der Waals surface area contributed by atoms with Gasteiger partial charge in [-0.05, 0) is 49.2 Å². The van der Waals surface area contributed by atoms with Crippen LogP contribution >= 0.6 is 11.6 Å². The lowest BCUT2D eigenvalue weighted by Crippen LogP contribution is -2.07. The number of ketones is 1. The summed E-state index contributed by atoms with van der Waals surface area (Å²) in [6.45, 7) is 2.05. The number of halogens is 2. The minimum absolute atomic E-state index is 0.0780. The molecule has 0 aliphatic heterocycles. The maximum absolute atomic E-state index is 13.6. The van der Waals surface area contributed by atoms with Gasteiger partial charge in [-0.3, -0.25) is 4.79 Å². The van der Waals surface area contributed by atoms with E-state index in [0.29, 0.717) is 22.8 Å². The molecule has 0 aromatic heterocycles. The third kappa shape index (κ3) is 3.81. The number of anilines is 1. The molecule has 2 aromatic carbocycles. The fourth-order valence-corrected chi connectivity index (χ4v) is 2.00. The highest BCUT2D eigenvalue weighted by Gasteiger charge is 2.06. The molecular weight excluding hydrogens is 277 g/mol. The Morgan fingerprint density at radius 1 is 1.20 bits per heavy atom. The molecule has 2 aromatic rings. The summed E-state index contributed by atoms with van der Waals surface area (Å²) < 4.78 is 13.6. The second-order valence-electron chi connectivity index (χ2n) is 4.55. The van der Waals surface area contributed by atoms with Crippen LogP contribution in [0.1, 0.15) is 22.8 Å². The molecule has 0 radical (unpaired) electrons. The lowest BCUT2D eigenvalue weighted by atomic mass is 10.1. The van der Waals surface area contributed by atoms with Crippen molar-refractivity contribution in [3.05, 3.63) is 64.4 Å². The van der Waals surface area contributed by atoms with Gasteiger partial charge in [-0.1, -0.05) is 23.7 Å². The standard InChI is InChI=1S/C16H15ClFNO/c1-11(20)13-4-7-15(18)16(10-13)19-9-8-12-2-5-14(17)6-3-12/h2-7,10,19H,8-9H2,1H3. The summed E-state index contributed by atoms with van der Waals surface area (Å²) in [6, 6.07) is 11.9. The van der Waals surface area contributed by atoms with Crippen molar-refractivity contribution in [3.8, 4) is 0 Å². The lowest BCUT2D eigenvalue weighted by Gasteiger charge is -2.09. The molecule has 0 bridgehead atoms. The Morgan fingerprint density at radius 3 is 2.55 bits per heavy atom. The van der Waals surface area contributed by atoms with E-state index in [-0.39, 0.29) is 11.6 Å². The second kappa shape index (κ2) is 6.53. The van der Waals surface area contributed by atoms with Crippen LogP contribution in [0.5, 0.6) is 0 Å². The molecule has 2 rings (SSSR count). The van der Waals surface area contributed by atoms with Crippen molar-refractivity contribution in [3.63, 3.8) is 0 Å². The van der Waals surface area contributed by atoms with Crippen molar-refractivity contribution < 1.29 is 9.18 Å². The van der Waals surface area contributed by atoms with Gasteiger partial charge >= 0.3 is 0 Å².